The second-order valence-electron chi connectivity index (χ2n) is 4.92. The lowest BCUT2D eigenvalue weighted by atomic mass is 10.1. The Morgan fingerprint density at radius 2 is 1.90 bits per heavy atom. The third kappa shape index (κ3) is 11.7. The second-order valence-corrected chi connectivity index (χ2v) is 4.92. The molecule has 3 amide bonds. The summed E-state index contributed by atoms with van der Waals surface area (Å²) in [7, 11) is 0. The molecule has 0 aliphatic heterocycles. The zero-order valence-corrected chi connectivity index (χ0v) is 12.6. The first-order valence-electron chi connectivity index (χ1n) is 7.00. The molecular formula is C13H25N3O5. The molecule has 0 aromatic rings. The molecule has 0 saturated heterocycles. The van der Waals surface area contributed by atoms with E-state index in [1.807, 2.05) is 13.8 Å². The molecule has 0 unspecified atom stereocenters. The number of nitrogens with two attached hydrogens (primary N) is 1. The molecule has 0 fully saturated rings. The van der Waals surface area contributed by atoms with E-state index in [4.69, 9.17) is 15.6 Å². The van der Waals surface area contributed by atoms with E-state index in [2.05, 4.69) is 10.6 Å². The third-order valence-corrected chi connectivity index (χ3v) is 2.59. The van der Waals surface area contributed by atoms with Gasteiger partial charge in [0.05, 0.1) is 6.10 Å². The van der Waals surface area contributed by atoms with Gasteiger partial charge in [0, 0.05) is 19.6 Å². The lowest BCUT2D eigenvalue weighted by Crippen LogP contribution is -2.46. The van der Waals surface area contributed by atoms with Gasteiger partial charge in [0.2, 0.25) is 5.91 Å². The highest BCUT2D eigenvalue weighted by Gasteiger charge is 2.20. The first-order chi connectivity index (χ1) is 9.82. The van der Waals surface area contributed by atoms with Gasteiger partial charge in [0.25, 0.3) is 0 Å². The van der Waals surface area contributed by atoms with Crippen LogP contribution in [0.5, 0.6) is 0 Å². The summed E-state index contributed by atoms with van der Waals surface area (Å²) < 4.78 is 5.35. The summed E-state index contributed by atoms with van der Waals surface area (Å²) >= 11 is 0. The average molecular weight is 303 g/mol. The molecule has 122 valence electrons. The number of carboxylic acid groups (broad SMARTS) is 1. The maximum atomic E-state index is 11.5. The number of urea groups is 1. The highest BCUT2D eigenvalue weighted by molar-refractivity contribution is 5.83. The maximum absolute atomic E-state index is 11.5. The molecule has 21 heavy (non-hydrogen) atoms. The van der Waals surface area contributed by atoms with Gasteiger partial charge in [-0.25, -0.2) is 9.59 Å². The second kappa shape index (κ2) is 10.9. The summed E-state index contributed by atoms with van der Waals surface area (Å²) in [4.78, 5) is 33.0. The summed E-state index contributed by atoms with van der Waals surface area (Å²) in [6.07, 6.45) is 1.61. The molecule has 5 N–H and O–H groups in total. The minimum atomic E-state index is -1.20. The van der Waals surface area contributed by atoms with Crippen molar-refractivity contribution < 1.29 is 24.2 Å². The number of carbonyl (C=O) groups excluding carboxylic acids is 2. The van der Waals surface area contributed by atoms with Gasteiger partial charge in [0.15, 0.2) is 0 Å². The van der Waals surface area contributed by atoms with Gasteiger partial charge in [0.1, 0.15) is 6.04 Å². The molecule has 0 spiro atoms. The molecule has 0 radical (unpaired) electrons. The van der Waals surface area contributed by atoms with Crippen molar-refractivity contribution in [1.82, 2.24) is 10.6 Å². The average Bonchev–Trinajstić information content (AvgIpc) is 2.37. The number of hydrogen-bond donors (Lipinski definition) is 4. The SMILES string of the molecule is CC(C)OCCCCNC(=O)N[C@H](CCC(N)=O)C(=O)O. The van der Waals surface area contributed by atoms with Crippen LogP contribution in [0.25, 0.3) is 0 Å². The van der Waals surface area contributed by atoms with Gasteiger partial charge >= 0.3 is 12.0 Å². The van der Waals surface area contributed by atoms with Gasteiger partial charge < -0.3 is 26.2 Å². The fourth-order valence-corrected chi connectivity index (χ4v) is 1.50. The molecule has 0 saturated carbocycles. The Bertz CT molecular complexity index is 347. The van der Waals surface area contributed by atoms with Gasteiger partial charge in [-0.2, -0.15) is 0 Å². The van der Waals surface area contributed by atoms with Gasteiger partial charge in [-0.05, 0) is 33.1 Å². The van der Waals surface area contributed by atoms with Crippen LogP contribution in [-0.2, 0) is 14.3 Å². The van der Waals surface area contributed by atoms with Crippen LogP contribution in [0.1, 0.15) is 39.5 Å². The zero-order chi connectivity index (χ0) is 16.3. The van der Waals surface area contributed by atoms with Crippen molar-refractivity contribution in [2.75, 3.05) is 13.2 Å². The Morgan fingerprint density at radius 3 is 2.43 bits per heavy atom. The minimum Gasteiger partial charge on any atom is -0.480 e. The molecular weight excluding hydrogens is 278 g/mol. The Labute approximate surface area is 124 Å². The van der Waals surface area contributed by atoms with E-state index in [1.165, 1.54) is 0 Å². The monoisotopic (exact) mass is 303 g/mol. The van der Waals surface area contributed by atoms with E-state index < -0.39 is 23.9 Å². The predicted octanol–water partition coefficient (Wildman–Crippen LogP) is 0.210. The van der Waals surface area contributed by atoms with Crippen LogP contribution in [0, 0.1) is 0 Å². The Kier molecular flexibility index (Phi) is 9.95. The zero-order valence-electron chi connectivity index (χ0n) is 12.6. The molecule has 8 nitrogen and oxygen atoms in total. The first kappa shape index (κ1) is 19.2. The number of carboxylic acids is 1. The number of unbranched alkanes of at least 4 members (excludes halogenated alkanes) is 1. The fourth-order valence-electron chi connectivity index (χ4n) is 1.50. The van der Waals surface area contributed by atoms with E-state index in [-0.39, 0.29) is 18.9 Å². The fraction of sp³-hybridized carbons (Fsp3) is 0.769. The molecule has 0 aliphatic rings. The van der Waals surface area contributed by atoms with E-state index in [1.54, 1.807) is 0 Å². The van der Waals surface area contributed by atoms with Crippen molar-refractivity contribution >= 4 is 17.9 Å². The molecule has 8 heteroatoms. The van der Waals surface area contributed by atoms with E-state index in [0.717, 1.165) is 12.8 Å². The number of hydrogen-bond acceptors (Lipinski definition) is 4. The quantitative estimate of drug-likeness (QED) is 0.405. The maximum Gasteiger partial charge on any atom is 0.326 e. The largest absolute Gasteiger partial charge is 0.480 e. The van der Waals surface area contributed by atoms with Crippen molar-refractivity contribution in [1.29, 1.82) is 0 Å². The van der Waals surface area contributed by atoms with Crippen LogP contribution in [0.3, 0.4) is 0 Å². The lowest BCUT2D eigenvalue weighted by Gasteiger charge is -2.14. The highest BCUT2D eigenvalue weighted by Crippen LogP contribution is 1.97. The molecule has 0 heterocycles. The predicted molar refractivity (Wildman–Crippen MR) is 76.7 cm³/mol. The Morgan fingerprint density at radius 1 is 1.24 bits per heavy atom. The Hall–Kier alpha value is -1.83. The Balaban J connectivity index is 3.83. The number of amides is 3. The van der Waals surface area contributed by atoms with Crippen LogP contribution in [-0.4, -0.2) is 48.3 Å². The molecule has 0 aliphatic carbocycles. The molecule has 1 atom stereocenters. The topological polar surface area (TPSA) is 131 Å². The van der Waals surface area contributed by atoms with Crippen LogP contribution < -0.4 is 16.4 Å². The van der Waals surface area contributed by atoms with Crippen LogP contribution in [0.15, 0.2) is 0 Å². The summed E-state index contributed by atoms with van der Waals surface area (Å²) in [5, 5.41) is 13.8. The normalized spacial score (nSPS) is 12.0. The van der Waals surface area contributed by atoms with Gasteiger partial charge in [-0.1, -0.05) is 0 Å². The third-order valence-electron chi connectivity index (χ3n) is 2.59. The highest BCUT2D eigenvalue weighted by atomic mass is 16.5. The van der Waals surface area contributed by atoms with Crippen molar-refractivity contribution in [3.8, 4) is 0 Å². The number of primary amides is 1. The minimum absolute atomic E-state index is 0.0275. The van der Waals surface area contributed by atoms with Crippen LogP contribution in [0.4, 0.5) is 4.79 Å². The number of ether oxygens (including phenoxy) is 1. The van der Waals surface area contributed by atoms with Gasteiger partial charge in [-0.3, -0.25) is 4.79 Å². The number of nitrogens with one attached hydrogen (secondary N) is 2. The van der Waals surface area contributed by atoms with E-state index in [9.17, 15) is 14.4 Å². The van der Waals surface area contributed by atoms with Crippen molar-refractivity contribution in [3.05, 3.63) is 0 Å². The number of aliphatic carboxylic acids is 1. The van der Waals surface area contributed by atoms with E-state index in [0.29, 0.717) is 13.2 Å². The smallest absolute Gasteiger partial charge is 0.326 e. The summed E-state index contributed by atoms with van der Waals surface area (Å²) in [5.74, 6) is -1.80. The van der Waals surface area contributed by atoms with Crippen LogP contribution >= 0.6 is 0 Å². The first-order valence-corrected chi connectivity index (χ1v) is 7.00. The molecule has 0 rings (SSSR count). The summed E-state index contributed by atoms with van der Waals surface area (Å²) in [6, 6.07) is -1.70. The molecule has 0 bridgehead atoms. The van der Waals surface area contributed by atoms with E-state index >= 15 is 0 Å². The number of carbonyl (C=O) groups is 3. The van der Waals surface area contributed by atoms with Crippen molar-refractivity contribution in [3.63, 3.8) is 0 Å². The van der Waals surface area contributed by atoms with Crippen molar-refractivity contribution in [2.24, 2.45) is 5.73 Å². The standard InChI is InChI=1S/C13H25N3O5/c1-9(2)21-8-4-3-7-15-13(20)16-10(12(18)19)5-6-11(14)17/h9-10H,3-8H2,1-2H3,(H2,14,17)(H,18,19)(H2,15,16,20)/t10-/m1/s1. The van der Waals surface area contributed by atoms with Crippen LogP contribution in [0.2, 0.25) is 0 Å². The lowest BCUT2D eigenvalue weighted by molar-refractivity contribution is -0.139. The summed E-state index contributed by atoms with van der Waals surface area (Å²) in [5.41, 5.74) is 4.95. The number of rotatable bonds is 11. The molecule has 0 aromatic carbocycles. The van der Waals surface area contributed by atoms with Gasteiger partial charge in [-0.15, -0.1) is 0 Å². The summed E-state index contributed by atoms with van der Waals surface area (Å²) in [6.45, 7) is 4.94. The van der Waals surface area contributed by atoms with Crippen molar-refractivity contribution in [2.45, 2.75) is 51.7 Å². The molecule has 0 aromatic heterocycles.